The number of rotatable bonds is 1. The second kappa shape index (κ2) is 4.40. The van der Waals surface area contributed by atoms with Gasteiger partial charge in [0.05, 0.1) is 13.2 Å². The molecule has 15 heavy (non-hydrogen) atoms. The molecule has 6 heteroatoms. The van der Waals surface area contributed by atoms with Crippen molar-refractivity contribution in [3.05, 3.63) is 21.7 Å². The molecular weight excluding hydrogens is 314 g/mol. The van der Waals surface area contributed by atoms with Crippen LogP contribution in [-0.2, 0) is 9.53 Å². The summed E-state index contributed by atoms with van der Waals surface area (Å²) < 4.78 is 18.7. The number of anilines is 1. The van der Waals surface area contributed by atoms with Crippen LogP contribution in [0, 0.1) is 9.52 Å². The molecule has 4 nitrogen and oxygen atoms in total. The van der Waals surface area contributed by atoms with Gasteiger partial charge in [-0.25, -0.2) is 4.98 Å². The molecule has 1 aromatic heterocycles. The molecule has 0 radical (unpaired) electrons. The van der Waals surface area contributed by atoms with Crippen LogP contribution in [0.5, 0.6) is 0 Å². The summed E-state index contributed by atoms with van der Waals surface area (Å²) in [5, 5.41) is 0. The lowest BCUT2D eigenvalue weighted by molar-refractivity contribution is -0.125. The van der Waals surface area contributed by atoms with Crippen molar-refractivity contribution in [3.63, 3.8) is 0 Å². The Balaban J connectivity index is 2.31. The van der Waals surface area contributed by atoms with Crippen LogP contribution in [0.15, 0.2) is 12.1 Å². The Bertz CT molecular complexity index is 379. The molecule has 2 heterocycles. The Labute approximate surface area is 99.6 Å². The monoisotopic (exact) mass is 322 g/mol. The van der Waals surface area contributed by atoms with Gasteiger partial charge in [-0.1, -0.05) is 0 Å². The van der Waals surface area contributed by atoms with Gasteiger partial charge in [0.1, 0.15) is 12.4 Å². The van der Waals surface area contributed by atoms with Gasteiger partial charge in [-0.3, -0.25) is 9.69 Å². The maximum atomic E-state index is 13.0. The number of carbonyl (C=O) groups excluding carboxylic acids is 1. The lowest BCUT2D eigenvalue weighted by Crippen LogP contribution is -2.42. The number of pyridine rings is 1. The van der Waals surface area contributed by atoms with Crippen LogP contribution in [0.4, 0.5) is 10.2 Å². The molecular formula is C9H8FIN2O2. The molecule has 0 unspecified atom stereocenters. The van der Waals surface area contributed by atoms with Crippen LogP contribution < -0.4 is 4.90 Å². The summed E-state index contributed by atoms with van der Waals surface area (Å²) in [4.78, 5) is 16.6. The van der Waals surface area contributed by atoms with E-state index >= 15 is 0 Å². The van der Waals surface area contributed by atoms with Crippen molar-refractivity contribution in [2.75, 3.05) is 24.7 Å². The molecule has 0 saturated carbocycles. The van der Waals surface area contributed by atoms with Crippen molar-refractivity contribution in [2.45, 2.75) is 0 Å². The van der Waals surface area contributed by atoms with Crippen molar-refractivity contribution in [2.24, 2.45) is 0 Å². The van der Waals surface area contributed by atoms with Crippen molar-refractivity contribution < 1.29 is 13.9 Å². The number of carbonyl (C=O) groups is 1. The molecule has 80 valence electrons. The van der Waals surface area contributed by atoms with Gasteiger partial charge in [0, 0.05) is 9.64 Å². The first kappa shape index (κ1) is 10.7. The van der Waals surface area contributed by atoms with Gasteiger partial charge in [-0.2, -0.15) is 4.39 Å². The number of morpholine rings is 1. The Kier molecular flexibility index (Phi) is 3.15. The largest absolute Gasteiger partial charge is 0.370 e. The minimum atomic E-state index is -0.573. The molecule has 1 aliphatic heterocycles. The van der Waals surface area contributed by atoms with Crippen LogP contribution >= 0.6 is 22.6 Å². The highest BCUT2D eigenvalue weighted by Crippen LogP contribution is 2.17. The van der Waals surface area contributed by atoms with E-state index in [0.29, 0.717) is 19.0 Å². The Hall–Kier alpha value is -0.760. The predicted molar refractivity (Wildman–Crippen MR) is 60.1 cm³/mol. The number of hydrogen-bond donors (Lipinski definition) is 0. The highest BCUT2D eigenvalue weighted by Gasteiger charge is 2.21. The SMILES string of the molecule is O=C1COCCN1c1cc(I)cc(F)n1. The van der Waals surface area contributed by atoms with Crippen LogP contribution in [0.2, 0.25) is 0 Å². The minimum absolute atomic E-state index is 0.0365. The molecule has 1 amide bonds. The highest BCUT2D eigenvalue weighted by atomic mass is 127. The molecule has 1 fully saturated rings. The first-order valence-corrected chi connectivity index (χ1v) is 5.46. The fourth-order valence-electron chi connectivity index (χ4n) is 1.35. The summed E-state index contributed by atoms with van der Waals surface area (Å²) in [5.41, 5.74) is 0. The first-order valence-electron chi connectivity index (χ1n) is 4.38. The quantitative estimate of drug-likeness (QED) is 0.576. The zero-order valence-corrected chi connectivity index (χ0v) is 9.90. The second-order valence-corrected chi connectivity index (χ2v) is 4.31. The lowest BCUT2D eigenvalue weighted by atomic mass is 10.3. The Morgan fingerprint density at radius 1 is 1.53 bits per heavy atom. The number of nitrogens with zero attached hydrogens (tertiary/aromatic N) is 2. The van der Waals surface area contributed by atoms with E-state index in [2.05, 4.69) is 4.98 Å². The van der Waals surface area contributed by atoms with Crippen LogP contribution in [-0.4, -0.2) is 30.6 Å². The van der Waals surface area contributed by atoms with E-state index in [1.807, 2.05) is 22.6 Å². The average molecular weight is 322 g/mol. The van der Waals surface area contributed by atoms with E-state index in [-0.39, 0.29) is 12.5 Å². The topological polar surface area (TPSA) is 42.4 Å². The number of hydrogen-bond acceptors (Lipinski definition) is 3. The molecule has 1 aromatic rings. The summed E-state index contributed by atoms with van der Waals surface area (Å²) in [5.74, 6) is -0.404. The summed E-state index contributed by atoms with van der Waals surface area (Å²) in [6, 6.07) is 2.99. The molecule has 1 aliphatic rings. The molecule has 0 N–H and O–H groups in total. The van der Waals surface area contributed by atoms with Gasteiger partial charge in [0.15, 0.2) is 0 Å². The van der Waals surface area contributed by atoms with E-state index < -0.39 is 5.95 Å². The van der Waals surface area contributed by atoms with Crippen molar-refractivity contribution in [3.8, 4) is 0 Å². The van der Waals surface area contributed by atoms with E-state index in [0.717, 1.165) is 3.57 Å². The van der Waals surface area contributed by atoms with Crippen LogP contribution in [0.3, 0.4) is 0 Å². The number of aromatic nitrogens is 1. The predicted octanol–water partition coefficient (Wildman–Crippen LogP) is 1.19. The third kappa shape index (κ3) is 2.43. The second-order valence-electron chi connectivity index (χ2n) is 3.06. The van der Waals surface area contributed by atoms with Crippen LogP contribution in [0.25, 0.3) is 0 Å². The van der Waals surface area contributed by atoms with E-state index in [1.165, 1.54) is 11.0 Å². The summed E-state index contributed by atoms with van der Waals surface area (Å²) in [6.45, 7) is 0.917. The maximum Gasteiger partial charge on any atom is 0.254 e. The average Bonchev–Trinajstić information content (AvgIpc) is 2.16. The Morgan fingerprint density at radius 2 is 2.33 bits per heavy atom. The van der Waals surface area contributed by atoms with E-state index in [9.17, 15) is 9.18 Å². The number of amides is 1. The van der Waals surface area contributed by atoms with Gasteiger partial charge in [-0.15, -0.1) is 0 Å². The fraction of sp³-hybridized carbons (Fsp3) is 0.333. The minimum Gasteiger partial charge on any atom is -0.370 e. The van der Waals surface area contributed by atoms with Crippen molar-refractivity contribution >= 4 is 34.3 Å². The number of ether oxygens (including phenoxy) is 1. The van der Waals surface area contributed by atoms with Crippen LogP contribution in [0.1, 0.15) is 0 Å². The first-order chi connectivity index (χ1) is 7.16. The van der Waals surface area contributed by atoms with Crippen molar-refractivity contribution in [1.82, 2.24) is 4.98 Å². The third-order valence-electron chi connectivity index (χ3n) is 2.01. The molecule has 1 saturated heterocycles. The standard InChI is InChI=1S/C9H8FIN2O2/c10-7-3-6(11)4-8(12-7)13-1-2-15-5-9(13)14/h3-4H,1-2,5H2. The zero-order chi connectivity index (χ0) is 10.8. The molecule has 0 atom stereocenters. The Morgan fingerprint density at radius 3 is 3.00 bits per heavy atom. The molecule has 0 spiro atoms. The maximum absolute atomic E-state index is 13.0. The van der Waals surface area contributed by atoms with Crippen molar-refractivity contribution in [1.29, 1.82) is 0 Å². The van der Waals surface area contributed by atoms with E-state index in [4.69, 9.17) is 4.74 Å². The lowest BCUT2D eigenvalue weighted by Gasteiger charge is -2.25. The van der Waals surface area contributed by atoms with Gasteiger partial charge >= 0.3 is 0 Å². The van der Waals surface area contributed by atoms with Gasteiger partial charge in [0.25, 0.3) is 5.91 Å². The van der Waals surface area contributed by atoms with Gasteiger partial charge < -0.3 is 4.74 Å². The van der Waals surface area contributed by atoms with E-state index in [1.54, 1.807) is 6.07 Å². The summed E-state index contributed by atoms with van der Waals surface area (Å²) in [7, 11) is 0. The summed E-state index contributed by atoms with van der Waals surface area (Å²) in [6.07, 6.45) is 0. The van der Waals surface area contributed by atoms with Gasteiger partial charge in [-0.05, 0) is 28.7 Å². The smallest absolute Gasteiger partial charge is 0.254 e. The highest BCUT2D eigenvalue weighted by molar-refractivity contribution is 14.1. The molecule has 0 bridgehead atoms. The molecule has 2 rings (SSSR count). The molecule has 0 aliphatic carbocycles. The third-order valence-corrected chi connectivity index (χ3v) is 2.63. The molecule has 0 aromatic carbocycles. The van der Waals surface area contributed by atoms with Gasteiger partial charge in [0.2, 0.25) is 5.95 Å². The zero-order valence-electron chi connectivity index (χ0n) is 7.74. The summed E-state index contributed by atoms with van der Waals surface area (Å²) >= 11 is 1.99. The number of halogens is 2. The normalized spacial score (nSPS) is 16.9. The fourth-order valence-corrected chi connectivity index (χ4v) is 1.89.